The van der Waals surface area contributed by atoms with Crippen LogP contribution in [0.1, 0.15) is 21.6 Å². The topological polar surface area (TPSA) is 77.1 Å². The van der Waals surface area contributed by atoms with Gasteiger partial charge in [0.05, 0.1) is 18.4 Å². The first-order valence-electron chi connectivity index (χ1n) is 11.1. The summed E-state index contributed by atoms with van der Waals surface area (Å²) in [5, 5.41) is 13.7. The van der Waals surface area contributed by atoms with E-state index in [0.29, 0.717) is 22.8 Å². The van der Waals surface area contributed by atoms with Crippen LogP contribution in [0.2, 0.25) is 5.02 Å². The number of aromatic nitrogens is 4. The lowest BCUT2D eigenvalue weighted by molar-refractivity contribution is 0.0949. The summed E-state index contributed by atoms with van der Waals surface area (Å²) in [6, 6.07) is 24.7. The number of carbonyl (C=O) groups excluding carboxylic acids is 1. The van der Waals surface area contributed by atoms with Gasteiger partial charge in [0.25, 0.3) is 5.91 Å². The number of nitrogens with zero attached hydrogens (tertiary/aromatic N) is 5. The summed E-state index contributed by atoms with van der Waals surface area (Å²) >= 11 is 5.93. The number of carbonyl (C=O) groups is 1. The van der Waals surface area contributed by atoms with Crippen LogP contribution in [0, 0.1) is 5.82 Å². The second-order valence-electron chi connectivity index (χ2n) is 7.94. The Hall–Kier alpha value is -4.56. The van der Waals surface area contributed by atoms with E-state index in [1.54, 1.807) is 40.0 Å². The third-order valence-electron chi connectivity index (χ3n) is 5.38. The molecule has 0 radical (unpaired) electrons. The van der Waals surface area contributed by atoms with Gasteiger partial charge in [-0.2, -0.15) is 15.3 Å². The summed E-state index contributed by atoms with van der Waals surface area (Å²) in [7, 11) is 0. The van der Waals surface area contributed by atoms with E-state index in [4.69, 9.17) is 11.6 Å². The Morgan fingerprint density at radius 3 is 2.47 bits per heavy atom. The largest absolute Gasteiger partial charge is 0.291 e. The molecule has 1 amide bonds. The van der Waals surface area contributed by atoms with Gasteiger partial charge in [0.15, 0.2) is 5.69 Å². The lowest BCUT2D eigenvalue weighted by atomic mass is 10.1. The molecular weight excluding hydrogens is 479 g/mol. The molecule has 0 spiro atoms. The van der Waals surface area contributed by atoms with E-state index in [1.165, 1.54) is 18.3 Å². The molecule has 0 saturated carbocycles. The Balaban J connectivity index is 1.33. The van der Waals surface area contributed by atoms with Crippen LogP contribution in [0.4, 0.5) is 4.39 Å². The molecule has 5 rings (SSSR count). The third kappa shape index (κ3) is 5.39. The molecule has 0 aliphatic heterocycles. The Labute approximate surface area is 211 Å². The average molecular weight is 499 g/mol. The summed E-state index contributed by atoms with van der Waals surface area (Å²) in [4.78, 5) is 12.6. The summed E-state index contributed by atoms with van der Waals surface area (Å²) in [5.74, 6) is -0.779. The fourth-order valence-electron chi connectivity index (χ4n) is 3.59. The number of hydrazone groups is 1. The molecule has 7 nitrogen and oxygen atoms in total. The second-order valence-corrected chi connectivity index (χ2v) is 8.38. The smallest absolute Gasteiger partial charge is 0.268 e. The van der Waals surface area contributed by atoms with E-state index < -0.39 is 5.91 Å². The van der Waals surface area contributed by atoms with Gasteiger partial charge in [-0.05, 0) is 60.2 Å². The van der Waals surface area contributed by atoms with Crippen molar-refractivity contribution in [3.8, 4) is 16.9 Å². The zero-order chi connectivity index (χ0) is 24.9. The van der Waals surface area contributed by atoms with Crippen molar-refractivity contribution in [2.45, 2.75) is 6.54 Å². The van der Waals surface area contributed by atoms with Crippen LogP contribution in [0.3, 0.4) is 0 Å². The van der Waals surface area contributed by atoms with Gasteiger partial charge in [0.2, 0.25) is 0 Å². The van der Waals surface area contributed by atoms with Crippen molar-refractivity contribution in [3.05, 3.63) is 125 Å². The third-order valence-corrected chi connectivity index (χ3v) is 5.63. The van der Waals surface area contributed by atoms with E-state index >= 15 is 0 Å². The number of halogens is 2. The Bertz CT molecular complexity index is 1510. The molecule has 0 unspecified atom stereocenters. The molecule has 36 heavy (non-hydrogen) atoms. The number of para-hydroxylation sites is 1. The highest BCUT2D eigenvalue weighted by molar-refractivity contribution is 6.30. The Kier molecular flexibility index (Phi) is 6.68. The highest BCUT2D eigenvalue weighted by Gasteiger charge is 2.13. The summed E-state index contributed by atoms with van der Waals surface area (Å²) < 4.78 is 16.8. The summed E-state index contributed by atoms with van der Waals surface area (Å²) in [5.41, 5.74) is 6.59. The number of amides is 1. The van der Waals surface area contributed by atoms with Crippen LogP contribution >= 0.6 is 11.6 Å². The van der Waals surface area contributed by atoms with Crippen LogP contribution in [0.25, 0.3) is 16.9 Å². The Morgan fingerprint density at radius 1 is 0.972 bits per heavy atom. The fourth-order valence-corrected chi connectivity index (χ4v) is 3.72. The van der Waals surface area contributed by atoms with Crippen molar-refractivity contribution in [3.63, 3.8) is 0 Å². The highest BCUT2D eigenvalue weighted by Crippen LogP contribution is 2.23. The van der Waals surface area contributed by atoms with Gasteiger partial charge < -0.3 is 0 Å². The molecule has 5 aromatic rings. The van der Waals surface area contributed by atoms with Crippen molar-refractivity contribution in [2.75, 3.05) is 0 Å². The van der Waals surface area contributed by atoms with Crippen molar-refractivity contribution in [2.24, 2.45) is 5.10 Å². The van der Waals surface area contributed by atoms with Crippen LogP contribution in [-0.4, -0.2) is 31.7 Å². The highest BCUT2D eigenvalue weighted by atomic mass is 35.5. The van der Waals surface area contributed by atoms with Gasteiger partial charge >= 0.3 is 0 Å². The predicted octanol–water partition coefficient (Wildman–Crippen LogP) is 5.34. The van der Waals surface area contributed by atoms with Crippen molar-refractivity contribution >= 4 is 23.7 Å². The number of rotatable bonds is 7. The van der Waals surface area contributed by atoms with Crippen molar-refractivity contribution < 1.29 is 9.18 Å². The minimum absolute atomic E-state index is 0.236. The minimum atomic E-state index is -0.445. The van der Waals surface area contributed by atoms with Crippen LogP contribution in [0.15, 0.2) is 102 Å². The van der Waals surface area contributed by atoms with Crippen LogP contribution < -0.4 is 5.43 Å². The fraction of sp³-hybridized carbons (Fsp3) is 0.0370. The monoisotopic (exact) mass is 498 g/mol. The minimum Gasteiger partial charge on any atom is -0.268 e. The maximum absolute atomic E-state index is 13.5. The molecule has 0 aliphatic rings. The van der Waals surface area contributed by atoms with E-state index in [-0.39, 0.29) is 11.5 Å². The van der Waals surface area contributed by atoms with Crippen molar-refractivity contribution in [1.82, 2.24) is 25.0 Å². The van der Waals surface area contributed by atoms with Gasteiger partial charge in [-0.1, -0.05) is 41.9 Å². The number of nitrogens with one attached hydrogen (secondary N) is 1. The Morgan fingerprint density at radius 2 is 1.72 bits per heavy atom. The zero-order valence-corrected chi connectivity index (χ0v) is 19.7. The number of hydrogen-bond donors (Lipinski definition) is 1. The second kappa shape index (κ2) is 10.4. The molecule has 3 aromatic carbocycles. The molecule has 0 fully saturated rings. The van der Waals surface area contributed by atoms with E-state index in [9.17, 15) is 9.18 Å². The number of benzene rings is 3. The maximum Gasteiger partial charge on any atom is 0.291 e. The molecule has 2 aromatic heterocycles. The van der Waals surface area contributed by atoms with Crippen molar-refractivity contribution in [1.29, 1.82) is 0 Å². The quantitative estimate of drug-likeness (QED) is 0.243. The molecule has 0 saturated heterocycles. The predicted molar refractivity (Wildman–Crippen MR) is 137 cm³/mol. The lowest BCUT2D eigenvalue weighted by Gasteiger charge is -2.02. The average Bonchev–Trinajstić information content (AvgIpc) is 3.54. The molecular formula is C27H20ClFN6O. The van der Waals surface area contributed by atoms with E-state index in [2.05, 4.69) is 20.7 Å². The molecule has 0 aliphatic carbocycles. The van der Waals surface area contributed by atoms with E-state index in [0.717, 1.165) is 16.8 Å². The van der Waals surface area contributed by atoms with Gasteiger partial charge in [-0.15, -0.1) is 0 Å². The van der Waals surface area contributed by atoms with Gasteiger partial charge in [0.1, 0.15) is 11.5 Å². The molecule has 0 bridgehead atoms. The summed E-state index contributed by atoms with van der Waals surface area (Å²) in [6.07, 6.45) is 5.03. The maximum atomic E-state index is 13.5. The standard InChI is InChI=1S/C27H20ClFN6O/c28-22-10-6-19(7-11-22)17-34-15-14-25(32-34)27(36)31-30-16-21-18-35(24-4-2-1-3-5-24)33-26(21)20-8-12-23(29)13-9-20/h1-16,18H,17H2,(H,31,36)/b30-16+. The summed E-state index contributed by atoms with van der Waals surface area (Å²) in [6.45, 7) is 0.507. The molecule has 1 N–H and O–H groups in total. The molecule has 9 heteroatoms. The SMILES string of the molecule is O=C(N/N=C/c1cn(-c2ccccc2)nc1-c1ccc(F)cc1)c1ccn(Cc2ccc(Cl)cc2)n1. The van der Waals surface area contributed by atoms with Gasteiger partial charge in [-0.3, -0.25) is 9.48 Å². The first-order valence-corrected chi connectivity index (χ1v) is 11.5. The lowest BCUT2D eigenvalue weighted by Crippen LogP contribution is -2.18. The first kappa shape index (κ1) is 23.2. The normalized spacial score (nSPS) is 11.2. The molecule has 178 valence electrons. The zero-order valence-electron chi connectivity index (χ0n) is 18.9. The van der Waals surface area contributed by atoms with Gasteiger partial charge in [-0.25, -0.2) is 14.5 Å². The number of hydrogen-bond acceptors (Lipinski definition) is 4. The van der Waals surface area contributed by atoms with Gasteiger partial charge in [0, 0.05) is 28.5 Å². The van der Waals surface area contributed by atoms with E-state index in [1.807, 2.05) is 54.6 Å². The first-order chi connectivity index (χ1) is 17.5. The molecule has 0 atom stereocenters. The molecule has 2 heterocycles. The van der Waals surface area contributed by atoms with Crippen LogP contribution in [0.5, 0.6) is 0 Å². The van der Waals surface area contributed by atoms with Crippen LogP contribution in [-0.2, 0) is 6.54 Å².